The van der Waals surface area contributed by atoms with Gasteiger partial charge in [-0.05, 0) is 25.0 Å². The van der Waals surface area contributed by atoms with Gasteiger partial charge in [0.1, 0.15) is 4.32 Å². The van der Waals surface area contributed by atoms with Gasteiger partial charge in [0.25, 0.3) is 0 Å². The summed E-state index contributed by atoms with van der Waals surface area (Å²) in [6.07, 6.45) is 0. The number of carboxylic acids is 1. The van der Waals surface area contributed by atoms with Gasteiger partial charge in [-0.25, -0.2) is 0 Å². The minimum Gasteiger partial charge on any atom is -0.545 e. The molecule has 0 bridgehead atoms. The maximum atomic E-state index is 10.6. The fraction of sp³-hybridized carbons (Fsp3) is 0.385. The molecule has 1 rings (SSSR count). The molecule has 0 aliphatic rings. The summed E-state index contributed by atoms with van der Waals surface area (Å²) in [6.45, 7) is 5.97. The molecular weight excluding hydrogens is 289 g/mol. The number of nitrogens with zero attached hydrogens (tertiary/aromatic N) is 1. The minimum atomic E-state index is -1.15. The van der Waals surface area contributed by atoms with Crippen LogP contribution >= 0.6 is 24.0 Å². The van der Waals surface area contributed by atoms with Crippen molar-refractivity contribution in [1.82, 2.24) is 4.90 Å². The maximum absolute atomic E-state index is 10.6. The first-order valence-corrected chi connectivity index (χ1v) is 7.19. The SMILES string of the molecule is CCN(CC)C(=S)SCc1ccc(C(=O)[O-])cc1.[Na+]. The summed E-state index contributed by atoms with van der Waals surface area (Å²) in [7, 11) is 0. The predicted octanol–water partition coefficient (Wildman–Crippen LogP) is -1.09. The van der Waals surface area contributed by atoms with Crippen molar-refractivity contribution in [1.29, 1.82) is 0 Å². The van der Waals surface area contributed by atoms with Crippen LogP contribution in [-0.2, 0) is 5.75 Å². The molecule has 19 heavy (non-hydrogen) atoms. The smallest absolute Gasteiger partial charge is 0.545 e. The van der Waals surface area contributed by atoms with Gasteiger partial charge in [0, 0.05) is 18.8 Å². The van der Waals surface area contributed by atoms with E-state index in [0.29, 0.717) is 0 Å². The molecule has 0 N–H and O–H groups in total. The van der Waals surface area contributed by atoms with Gasteiger partial charge in [-0.1, -0.05) is 48.2 Å². The van der Waals surface area contributed by atoms with E-state index < -0.39 is 5.97 Å². The predicted molar refractivity (Wildman–Crippen MR) is 77.6 cm³/mol. The van der Waals surface area contributed by atoms with Gasteiger partial charge in [0.15, 0.2) is 0 Å². The zero-order chi connectivity index (χ0) is 13.5. The summed E-state index contributed by atoms with van der Waals surface area (Å²) in [5.74, 6) is -0.393. The standard InChI is InChI=1S/C13H17NO2S2.Na/c1-3-14(4-2)13(17)18-9-10-5-7-11(8-6-10)12(15)16;/h5-8H,3-4,9H2,1-2H3,(H,15,16);/q;+1/p-1. The number of hydrogen-bond donors (Lipinski definition) is 0. The average molecular weight is 305 g/mol. The maximum Gasteiger partial charge on any atom is 1.00 e. The Hall–Kier alpha value is -0.0700. The molecule has 98 valence electrons. The Morgan fingerprint density at radius 1 is 1.26 bits per heavy atom. The third-order valence-corrected chi connectivity index (χ3v) is 4.17. The second-order valence-corrected chi connectivity index (χ2v) is 5.32. The second-order valence-electron chi connectivity index (χ2n) is 3.71. The van der Waals surface area contributed by atoms with Crippen LogP contribution in [0.15, 0.2) is 24.3 Å². The molecule has 0 amide bonds. The number of thiocarbonyl (C=S) groups is 1. The van der Waals surface area contributed by atoms with Crippen LogP contribution in [0.4, 0.5) is 0 Å². The fourth-order valence-electron chi connectivity index (χ4n) is 1.46. The monoisotopic (exact) mass is 305 g/mol. The van der Waals surface area contributed by atoms with Crippen LogP contribution in [0.2, 0.25) is 0 Å². The van der Waals surface area contributed by atoms with Gasteiger partial charge in [-0.3, -0.25) is 0 Å². The van der Waals surface area contributed by atoms with E-state index in [1.54, 1.807) is 36.0 Å². The van der Waals surface area contributed by atoms with Crippen LogP contribution < -0.4 is 34.7 Å². The number of carboxylic acid groups (broad SMARTS) is 1. The summed E-state index contributed by atoms with van der Waals surface area (Å²) in [5.41, 5.74) is 1.26. The first kappa shape index (κ1) is 18.9. The molecule has 0 radical (unpaired) electrons. The number of thioether (sulfide) groups is 1. The van der Waals surface area contributed by atoms with Crippen LogP contribution in [0.5, 0.6) is 0 Å². The molecule has 0 heterocycles. The summed E-state index contributed by atoms with van der Waals surface area (Å²) in [4.78, 5) is 12.7. The van der Waals surface area contributed by atoms with Crippen LogP contribution in [-0.4, -0.2) is 28.3 Å². The van der Waals surface area contributed by atoms with E-state index in [2.05, 4.69) is 18.7 Å². The molecule has 0 spiro atoms. The van der Waals surface area contributed by atoms with Crippen molar-refractivity contribution in [3.8, 4) is 0 Å². The van der Waals surface area contributed by atoms with Crippen molar-refractivity contribution in [2.45, 2.75) is 19.6 Å². The number of hydrogen-bond acceptors (Lipinski definition) is 4. The van der Waals surface area contributed by atoms with Crippen LogP contribution in [0.25, 0.3) is 0 Å². The first-order valence-electron chi connectivity index (χ1n) is 5.80. The van der Waals surface area contributed by atoms with E-state index in [1.807, 2.05) is 0 Å². The van der Waals surface area contributed by atoms with Gasteiger partial charge in [0.05, 0.1) is 5.97 Å². The number of rotatable bonds is 5. The number of carbonyl (C=O) groups is 1. The fourth-order valence-corrected chi connectivity index (χ4v) is 2.81. The van der Waals surface area contributed by atoms with E-state index in [9.17, 15) is 9.90 Å². The van der Waals surface area contributed by atoms with Gasteiger partial charge in [-0.15, -0.1) is 0 Å². The Morgan fingerprint density at radius 2 is 1.79 bits per heavy atom. The van der Waals surface area contributed by atoms with Crippen LogP contribution in [0.3, 0.4) is 0 Å². The number of carbonyl (C=O) groups excluding carboxylic acids is 1. The van der Waals surface area contributed by atoms with Gasteiger partial charge in [0.2, 0.25) is 0 Å². The van der Waals surface area contributed by atoms with Crippen LogP contribution in [0.1, 0.15) is 29.8 Å². The Morgan fingerprint density at radius 3 is 2.21 bits per heavy atom. The van der Waals surface area contributed by atoms with E-state index >= 15 is 0 Å². The molecule has 6 heteroatoms. The Balaban J connectivity index is 0.00000324. The molecule has 3 nitrogen and oxygen atoms in total. The Labute approximate surface area is 146 Å². The van der Waals surface area contributed by atoms with Crippen molar-refractivity contribution in [2.24, 2.45) is 0 Å². The third kappa shape index (κ3) is 6.27. The molecule has 0 atom stereocenters. The molecular formula is C13H16NNaO2S2. The Kier molecular flexibility index (Phi) is 9.74. The van der Waals surface area contributed by atoms with E-state index in [1.165, 1.54) is 0 Å². The molecule has 0 saturated carbocycles. The Bertz CT molecular complexity index is 419. The molecule has 0 saturated heterocycles. The minimum absolute atomic E-state index is 0. The number of benzene rings is 1. The van der Waals surface area contributed by atoms with Gasteiger partial charge >= 0.3 is 29.6 Å². The van der Waals surface area contributed by atoms with Crippen molar-refractivity contribution in [3.63, 3.8) is 0 Å². The summed E-state index contributed by atoms with van der Waals surface area (Å²) in [5, 5.41) is 10.6. The molecule has 0 aliphatic carbocycles. The van der Waals surface area contributed by atoms with E-state index in [0.717, 1.165) is 28.7 Å². The first-order chi connectivity index (χ1) is 8.58. The summed E-state index contributed by atoms with van der Waals surface area (Å²) < 4.78 is 0.879. The van der Waals surface area contributed by atoms with Crippen LogP contribution in [0, 0.1) is 0 Å². The topological polar surface area (TPSA) is 43.4 Å². The largest absolute Gasteiger partial charge is 1.00 e. The molecule has 0 aliphatic heterocycles. The average Bonchev–Trinajstić information content (AvgIpc) is 2.38. The van der Waals surface area contributed by atoms with Crippen molar-refractivity contribution in [3.05, 3.63) is 35.4 Å². The van der Waals surface area contributed by atoms with Crippen molar-refractivity contribution < 1.29 is 39.5 Å². The second kappa shape index (κ2) is 9.77. The number of aromatic carboxylic acids is 1. The van der Waals surface area contributed by atoms with E-state index in [4.69, 9.17) is 12.2 Å². The molecule has 0 aromatic heterocycles. The van der Waals surface area contributed by atoms with Gasteiger partial charge < -0.3 is 14.8 Å². The summed E-state index contributed by atoms with van der Waals surface area (Å²) in [6, 6.07) is 6.71. The van der Waals surface area contributed by atoms with Gasteiger partial charge in [-0.2, -0.15) is 0 Å². The summed E-state index contributed by atoms with van der Waals surface area (Å²) >= 11 is 6.92. The zero-order valence-electron chi connectivity index (χ0n) is 11.5. The molecule has 0 unspecified atom stereocenters. The zero-order valence-corrected chi connectivity index (χ0v) is 15.1. The molecule has 0 fully saturated rings. The quantitative estimate of drug-likeness (QED) is 0.511. The third-order valence-electron chi connectivity index (χ3n) is 2.57. The van der Waals surface area contributed by atoms with E-state index in [-0.39, 0.29) is 35.1 Å². The normalized spacial score (nSPS) is 9.58. The molecule has 1 aromatic rings. The van der Waals surface area contributed by atoms with Crippen molar-refractivity contribution in [2.75, 3.05) is 13.1 Å². The molecule has 1 aromatic carbocycles. The van der Waals surface area contributed by atoms with Crippen molar-refractivity contribution >= 4 is 34.3 Å².